The second kappa shape index (κ2) is 6.89. The fraction of sp³-hybridized carbons (Fsp3) is 0.429. The summed E-state index contributed by atoms with van der Waals surface area (Å²) < 4.78 is 25.4. The normalized spacial score (nSPS) is 14.4. The number of likely N-dealkylation sites (N-methyl/N-ethyl adjacent to an activating group) is 1. The Hall–Kier alpha value is -1.93. The summed E-state index contributed by atoms with van der Waals surface area (Å²) in [5, 5.41) is 11.5. The Morgan fingerprint density at radius 2 is 1.82 bits per heavy atom. The average molecular weight is 328 g/mol. The van der Waals surface area contributed by atoms with Gasteiger partial charge < -0.3 is 10.4 Å². The van der Waals surface area contributed by atoms with Gasteiger partial charge in [-0.3, -0.25) is 4.79 Å². The number of sulfonamides is 1. The summed E-state index contributed by atoms with van der Waals surface area (Å²) in [7, 11) is -2.52. The number of hydrogen-bond acceptors (Lipinski definition) is 4. The van der Waals surface area contributed by atoms with Gasteiger partial charge in [0.15, 0.2) is 0 Å². The van der Waals surface area contributed by atoms with Crippen LogP contribution in [0.3, 0.4) is 0 Å². The maximum atomic E-state index is 12.3. The number of carbonyl (C=O) groups excluding carboxylic acids is 1. The van der Waals surface area contributed by atoms with Crippen molar-refractivity contribution in [2.24, 2.45) is 0 Å². The van der Waals surface area contributed by atoms with Crippen molar-refractivity contribution in [3.8, 4) is 0 Å². The van der Waals surface area contributed by atoms with Crippen LogP contribution in [0.1, 0.15) is 20.3 Å². The quantitative estimate of drug-likeness (QED) is 0.766. The smallest absolute Gasteiger partial charge is 0.329 e. The molecule has 22 heavy (non-hydrogen) atoms. The maximum absolute atomic E-state index is 12.3. The Bertz CT molecular complexity index is 644. The molecular formula is C14H20N2O5S. The highest BCUT2D eigenvalue weighted by Crippen LogP contribution is 2.14. The standard InChI is InChI=1S/C14H20N2O5S/c1-4-14(2,13(18)19)15-12(17)10-16(3)22(20,21)11-8-6-5-7-9-11/h5-9H,4,10H2,1-3H3,(H,15,17)(H,18,19). The molecule has 7 nitrogen and oxygen atoms in total. The Morgan fingerprint density at radius 3 is 2.27 bits per heavy atom. The van der Waals surface area contributed by atoms with Gasteiger partial charge in [-0.15, -0.1) is 0 Å². The van der Waals surface area contributed by atoms with Crippen LogP contribution in [0, 0.1) is 0 Å². The number of hydrogen-bond donors (Lipinski definition) is 2. The van der Waals surface area contributed by atoms with Crippen molar-refractivity contribution in [1.82, 2.24) is 9.62 Å². The van der Waals surface area contributed by atoms with Crippen molar-refractivity contribution >= 4 is 21.9 Å². The Labute approximate surface area is 130 Å². The fourth-order valence-electron chi connectivity index (χ4n) is 1.70. The molecule has 1 unspecified atom stereocenters. The van der Waals surface area contributed by atoms with Crippen LogP contribution >= 0.6 is 0 Å². The lowest BCUT2D eigenvalue weighted by Gasteiger charge is -2.26. The molecule has 0 bridgehead atoms. The lowest BCUT2D eigenvalue weighted by molar-refractivity contribution is -0.147. The van der Waals surface area contributed by atoms with Gasteiger partial charge in [-0.1, -0.05) is 25.1 Å². The lowest BCUT2D eigenvalue weighted by Crippen LogP contribution is -2.54. The number of carboxylic acids is 1. The second-order valence-corrected chi connectivity index (χ2v) is 7.16. The van der Waals surface area contributed by atoms with Crippen LogP contribution in [0.5, 0.6) is 0 Å². The molecule has 0 saturated carbocycles. The first kappa shape index (κ1) is 18.1. The van der Waals surface area contributed by atoms with Crippen LogP contribution in [0.4, 0.5) is 0 Å². The summed E-state index contributed by atoms with van der Waals surface area (Å²) in [5.41, 5.74) is -1.42. The van der Waals surface area contributed by atoms with E-state index < -0.39 is 34.0 Å². The van der Waals surface area contributed by atoms with Crippen LogP contribution < -0.4 is 5.32 Å². The molecule has 2 N–H and O–H groups in total. The van der Waals surface area contributed by atoms with Crippen molar-refractivity contribution in [3.63, 3.8) is 0 Å². The summed E-state index contributed by atoms with van der Waals surface area (Å²) >= 11 is 0. The molecule has 0 aliphatic heterocycles. The summed E-state index contributed by atoms with van der Waals surface area (Å²) in [6.45, 7) is 2.54. The number of amides is 1. The summed E-state index contributed by atoms with van der Waals surface area (Å²) in [5.74, 6) is -1.84. The van der Waals surface area contributed by atoms with E-state index in [1.165, 1.54) is 26.1 Å². The molecule has 0 saturated heterocycles. The number of benzene rings is 1. The van der Waals surface area contributed by atoms with Gasteiger partial charge in [-0.05, 0) is 25.5 Å². The number of aliphatic carboxylic acids is 1. The van der Waals surface area contributed by atoms with E-state index >= 15 is 0 Å². The monoisotopic (exact) mass is 328 g/mol. The minimum Gasteiger partial charge on any atom is -0.480 e. The zero-order chi connectivity index (χ0) is 17.0. The van der Waals surface area contributed by atoms with Crippen LogP contribution in [0.15, 0.2) is 35.2 Å². The topological polar surface area (TPSA) is 104 Å². The molecule has 1 aromatic carbocycles. The highest BCUT2D eigenvalue weighted by molar-refractivity contribution is 7.89. The number of carboxylic acid groups (broad SMARTS) is 1. The van der Waals surface area contributed by atoms with Crippen LogP contribution in [0.25, 0.3) is 0 Å². The van der Waals surface area contributed by atoms with Gasteiger partial charge in [-0.25, -0.2) is 13.2 Å². The number of rotatable bonds is 7. The Morgan fingerprint density at radius 1 is 1.27 bits per heavy atom. The van der Waals surface area contributed by atoms with Crippen LogP contribution in [-0.2, 0) is 19.6 Å². The van der Waals surface area contributed by atoms with Gasteiger partial charge in [0.05, 0.1) is 11.4 Å². The van der Waals surface area contributed by atoms with Crippen LogP contribution in [-0.4, -0.2) is 48.8 Å². The van der Waals surface area contributed by atoms with Crippen molar-refractivity contribution in [3.05, 3.63) is 30.3 Å². The molecule has 0 spiro atoms. The van der Waals surface area contributed by atoms with E-state index in [0.717, 1.165) is 4.31 Å². The van der Waals surface area contributed by atoms with Crippen molar-refractivity contribution in [1.29, 1.82) is 0 Å². The highest BCUT2D eigenvalue weighted by Gasteiger charge is 2.33. The number of carbonyl (C=O) groups is 2. The fourth-order valence-corrected chi connectivity index (χ4v) is 2.85. The lowest BCUT2D eigenvalue weighted by atomic mass is 9.99. The predicted molar refractivity (Wildman–Crippen MR) is 80.7 cm³/mol. The molecule has 1 rings (SSSR count). The molecule has 0 aliphatic carbocycles. The molecule has 1 atom stereocenters. The van der Waals surface area contributed by atoms with Crippen molar-refractivity contribution in [2.75, 3.05) is 13.6 Å². The minimum atomic E-state index is -3.79. The first-order valence-corrected chi connectivity index (χ1v) is 8.13. The number of nitrogens with one attached hydrogen (secondary N) is 1. The molecule has 0 aliphatic rings. The van der Waals surface area contributed by atoms with Gasteiger partial charge in [-0.2, -0.15) is 4.31 Å². The molecule has 8 heteroatoms. The molecule has 0 radical (unpaired) electrons. The molecule has 1 amide bonds. The molecule has 0 aromatic heterocycles. The molecular weight excluding hydrogens is 308 g/mol. The van der Waals surface area contributed by atoms with E-state index in [-0.39, 0.29) is 11.3 Å². The Kier molecular flexibility index (Phi) is 5.67. The van der Waals surface area contributed by atoms with Crippen molar-refractivity contribution < 1.29 is 23.1 Å². The first-order chi connectivity index (χ1) is 10.1. The summed E-state index contributed by atoms with van der Waals surface area (Å²) in [4.78, 5) is 23.1. The molecule has 0 heterocycles. The van der Waals surface area contributed by atoms with Crippen molar-refractivity contribution in [2.45, 2.75) is 30.7 Å². The SMILES string of the molecule is CCC(C)(NC(=O)CN(C)S(=O)(=O)c1ccccc1)C(=O)O. The highest BCUT2D eigenvalue weighted by atomic mass is 32.2. The Balaban J connectivity index is 2.83. The molecule has 0 fully saturated rings. The van der Waals surface area contributed by atoms with E-state index in [4.69, 9.17) is 5.11 Å². The third-order valence-corrected chi connectivity index (χ3v) is 5.23. The summed E-state index contributed by atoms with van der Waals surface area (Å²) in [6.07, 6.45) is 0.184. The van der Waals surface area contributed by atoms with Gasteiger partial charge in [0.1, 0.15) is 5.54 Å². The minimum absolute atomic E-state index is 0.0711. The van der Waals surface area contributed by atoms with E-state index in [1.807, 2.05) is 0 Å². The van der Waals surface area contributed by atoms with Gasteiger partial charge in [0.2, 0.25) is 15.9 Å². The number of nitrogens with zero attached hydrogens (tertiary/aromatic N) is 1. The second-order valence-electron chi connectivity index (χ2n) is 5.11. The third-order valence-electron chi connectivity index (χ3n) is 3.41. The average Bonchev–Trinajstić information content (AvgIpc) is 2.47. The maximum Gasteiger partial charge on any atom is 0.329 e. The first-order valence-electron chi connectivity index (χ1n) is 6.69. The summed E-state index contributed by atoms with van der Waals surface area (Å²) in [6, 6.07) is 7.71. The largest absolute Gasteiger partial charge is 0.480 e. The molecule has 1 aromatic rings. The van der Waals surface area contributed by atoms with E-state index in [9.17, 15) is 18.0 Å². The van der Waals surface area contributed by atoms with Gasteiger partial charge in [0.25, 0.3) is 0 Å². The zero-order valence-corrected chi connectivity index (χ0v) is 13.6. The van der Waals surface area contributed by atoms with Crippen LogP contribution in [0.2, 0.25) is 0 Å². The van der Waals surface area contributed by atoms with Gasteiger partial charge >= 0.3 is 5.97 Å². The van der Waals surface area contributed by atoms with E-state index in [1.54, 1.807) is 25.1 Å². The third kappa shape index (κ3) is 4.05. The zero-order valence-electron chi connectivity index (χ0n) is 12.7. The van der Waals surface area contributed by atoms with Gasteiger partial charge in [0, 0.05) is 7.05 Å². The predicted octanol–water partition coefficient (Wildman–Crippen LogP) is 0.677. The van der Waals surface area contributed by atoms with E-state index in [0.29, 0.717) is 0 Å². The molecule has 122 valence electrons. The van der Waals surface area contributed by atoms with E-state index in [2.05, 4.69) is 5.32 Å².